The summed E-state index contributed by atoms with van der Waals surface area (Å²) in [5.74, 6) is 0.609. The molecule has 0 atom stereocenters. The van der Waals surface area contributed by atoms with Gasteiger partial charge in [-0.25, -0.2) is 8.42 Å². The van der Waals surface area contributed by atoms with Crippen molar-refractivity contribution in [3.8, 4) is 5.75 Å². The van der Waals surface area contributed by atoms with Gasteiger partial charge in [0.25, 0.3) is 10.0 Å². The first kappa shape index (κ1) is 15.4. The maximum atomic E-state index is 13.0. The largest absolute Gasteiger partial charge is 0.496 e. The molecule has 2 aromatic carbocycles. The standard InChI is InChI=1S/C16H16BrNO3S/c1-21-16-9-8-13(11-14(16)17)22(19,20)18-10-4-6-12-5-2-3-7-15(12)18/h2-3,5,7-9,11H,4,6,10H2,1H3. The van der Waals surface area contributed by atoms with E-state index in [0.717, 1.165) is 24.1 Å². The smallest absolute Gasteiger partial charge is 0.264 e. The summed E-state index contributed by atoms with van der Waals surface area (Å²) >= 11 is 3.35. The number of aryl methyl sites for hydroxylation is 1. The van der Waals surface area contributed by atoms with E-state index in [1.165, 1.54) is 4.31 Å². The SMILES string of the molecule is COc1ccc(S(=O)(=O)N2CCCc3ccccc32)cc1Br. The number of nitrogens with zero attached hydrogens (tertiary/aromatic N) is 1. The highest BCUT2D eigenvalue weighted by atomic mass is 79.9. The van der Waals surface area contributed by atoms with Gasteiger partial charge in [-0.3, -0.25) is 4.31 Å². The summed E-state index contributed by atoms with van der Waals surface area (Å²) in [4.78, 5) is 0.261. The number of rotatable bonds is 3. The summed E-state index contributed by atoms with van der Waals surface area (Å²) < 4.78 is 33.2. The van der Waals surface area contributed by atoms with Crippen molar-refractivity contribution < 1.29 is 13.2 Å². The average Bonchev–Trinajstić information content (AvgIpc) is 2.54. The fraction of sp³-hybridized carbons (Fsp3) is 0.250. The van der Waals surface area contributed by atoms with Crippen LogP contribution in [0, 0.1) is 0 Å². The molecule has 0 saturated carbocycles. The maximum Gasteiger partial charge on any atom is 0.264 e. The lowest BCUT2D eigenvalue weighted by atomic mass is 10.0. The number of hydrogen-bond acceptors (Lipinski definition) is 3. The van der Waals surface area contributed by atoms with E-state index in [1.807, 2.05) is 24.3 Å². The minimum atomic E-state index is -3.58. The fourth-order valence-electron chi connectivity index (χ4n) is 2.68. The summed E-state index contributed by atoms with van der Waals surface area (Å²) in [6, 6.07) is 12.5. The van der Waals surface area contributed by atoms with Crippen molar-refractivity contribution in [1.29, 1.82) is 0 Å². The van der Waals surface area contributed by atoms with Gasteiger partial charge in [-0.1, -0.05) is 18.2 Å². The topological polar surface area (TPSA) is 46.6 Å². The number of hydrogen-bond donors (Lipinski definition) is 0. The molecule has 3 rings (SSSR count). The lowest BCUT2D eigenvalue weighted by Gasteiger charge is -2.30. The van der Waals surface area contributed by atoms with Gasteiger partial charge in [-0.05, 0) is 58.6 Å². The van der Waals surface area contributed by atoms with Crippen LogP contribution in [0.5, 0.6) is 5.75 Å². The van der Waals surface area contributed by atoms with Gasteiger partial charge in [-0.2, -0.15) is 0 Å². The normalized spacial score (nSPS) is 14.5. The van der Waals surface area contributed by atoms with Crippen LogP contribution >= 0.6 is 15.9 Å². The van der Waals surface area contributed by atoms with E-state index in [1.54, 1.807) is 25.3 Å². The Morgan fingerprint density at radius 3 is 2.68 bits per heavy atom. The molecule has 1 aliphatic rings. The molecule has 0 aromatic heterocycles. The van der Waals surface area contributed by atoms with Gasteiger partial charge >= 0.3 is 0 Å². The second-order valence-electron chi connectivity index (χ2n) is 5.11. The Morgan fingerprint density at radius 2 is 1.95 bits per heavy atom. The van der Waals surface area contributed by atoms with Crippen LogP contribution in [-0.4, -0.2) is 22.1 Å². The maximum absolute atomic E-state index is 13.0. The molecule has 6 heteroatoms. The molecule has 0 N–H and O–H groups in total. The lowest BCUT2D eigenvalue weighted by Crippen LogP contribution is -2.35. The third kappa shape index (κ3) is 2.61. The Hall–Kier alpha value is -1.53. The van der Waals surface area contributed by atoms with Crippen LogP contribution in [0.25, 0.3) is 0 Å². The quantitative estimate of drug-likeness (QED) is 0.815. The van der Waals surface area contributed by atoms with E-state index in [2.05, 4.69) is 15.9 Å². The molecule has 22 heavy (non-hydrogen) atoms. The Kier molecular flexibility index (Phi) is 4.14. The molecular formula is C16H16BrNO3S. The summed E-state index contributed by atoms with van der Waals surface area (Å²) in [6.07, 6.45) is 1.74. The van der Waals surface area contributed by atoms with Crippen molar-refractivity contribution in [2.24, 2.45) is 0 Å². The van der Waals surface area contributed by atoms with Gasteiger partial charge < -0.3 is 4.74 Å². The van der Waals surface area contributed by atoms with Crippen molar-refractivity contribution in [1.82, 2.24) is 0 Å². The van der Waals surface area contributed by atoms with Crippen molar-refractivity contribution in [3.63, 3.8) is 0 Å². The first-order valence-corrected chi connectivity index (χ1v) is 9.21. The van der Waals surface area contributed by atoms with Gasteiger partial charge in [0, 0.05) is 6.54 Å². The molecule has 4 nitrogen and oxygen atoms in total. The fourth-order valence-corrected chi connectivity index (χ4v) is 4.94. The van der Waals surface area contributed by atoms with Crippen LogP contribution < -0.4 is 9.04 Å². The summed E-state index contributed by atoms with van der Waals surface area (Å²) in [6.45, 7) is 0.503. The molecule has 2 aromatic rings. The monoisotopic (exact) mass is 381 g/mol. The third-order valence-corrected chi connectivity index (χ3v) is 6.21. The first-order chi connectivity index (χ1) is 10.5. The Bertz CT molecular complexity index is 805. The number of anilines is 1. The van der Waals surface area contributed by atoms with Gasteiger partial charge in [0.15, 0.2) is 0 Å². The first-order valence-electron chi connectivity index (χ1n) is 6.98. The highest BCUT2D eigenvalue weighted by molar-refractivity contribution is 9.10. The van der Waals surface area contributed by atoms with Gasteiger partial charge in [0.05, 0.1) is 22.2 Å². The van der Waals surface area contributed by atoms with E-state index < -0.39 is 10.0 Å². The zero-order chi connectivity index (χ0) is 15.7. The number of methoxy groups -OCH3 is 1. The van der Waals surface area contributed by atoms with Crippen LogP contribution in [0.3, 0.4) is 0 Å². The molecule has 1 heterocycles. The molecule has 0 radical (unpaired) electrons. The minimum absolute atomic E-state index is 0.261. The predicted octanol–water partition coefficient (Wildman–Crippen LogP) is 3.60. The summed E-state index contributed by atoms with van der Waals surface area (Å²) in [7, 11) is -2.02. The Labute approximate surface area is 138 Å². The highest BCUT2D eigenvalue weighted by Crippen LogP contribution is 2.34. The Morgan fingerprint density at radius 1 is 1.18 bits per heavy atom. The average molecular weight is 382 g/mol. The van der Waals surface area contributed by atoms with Gasteiger partial charge in [0.1, 0.15) is 5.75 Å². The molecule has 0 fully saturated rings. The molecule has 1 aliphatic heterocycles. The summed E-state index contributed by atoms with van der Waals surface area (Å²) in [5, 5.41) is 0. The third-order valence-electron chi connectivity index (χ3n) is 3.78. The van der Waals surface area contributed by atoms with Crippen LogP contribution in [0.1, 0.15) is 12.0 Å². The zero-order valence-corrected chi connectivity index (χ0v) is 14.5. The van der Waals surface area contributed by atoms with E-state index in [0.29, 0.717) is 16.8 Å². The summed E-state index contributed by atoms with van der Waals surface area (Å²) in [5.41, 5.74) is 1.85. The van der Waals surface area contributed by atoms with E-state index in [9.17, 15) is 8.42 Å². The van der Waals surface area contributed by atoms with Crippen molar-refractivity contribution in [2.75, 3.05) is 18.0 Å². The van der Waals surface area contributed by atoms with Crippen molar-refractivity contribution >= 4 is 31.6 Å². The molecule has 0 saturated heterocycles. The van der Waals surface area contributed by atoms with Crippen LogP contribution in [0.4, 0.5) is 5.69 Å². The van der Waals surface area contributed by atoms with Gasteiger partial charge in [0.2, 0.25) is 0 Å². The number of fused-ring (bicyclic) bond motifs is 1. The molecule has 0 spiro atoms. The van der Waals surface area contributed by atoms with Crippen LogP contribution in [-0.2, 0) is 16.4 Å². The number of sulfonamides is 1. The molecular weight excluding hydrogens is 366 g/mol. The van der Waals surface area contributed by atoms with E-state index in [-0.39, 0.29) is 4.90 Å². The highest BCUT2D eigenvalue weighted by Gasteiger charge is 2.29. The van der Waals surface area contributed by atoms with Crippen molar-refractivity contribution in [3.05, 3.63) is 52.5 Å². The van der Waals surface area contributed by atoms with E-state index >= 15 is 0 Å². The van der Waals surface area contributed by atoms with E-state index in [4.69, 9.17) is 4.74 Å². The predicted molar refractivity (Wildman–Crippen MR) is 90.0 cm³/mol. The molecule has 0 amide bonds. The number of ether oxygens (including phenoxy) is 1. The lowest BCUT2D eigenvalue weighted by molar-refractivity contribution is 0.411. The minimum Gasteiger partial charge on any atom is -0.496 e. The molecule has 0 aliphatic carbocycles. The second kappa shape index (κ2) is 5.93. The molecule has 116 valence electrons. The number of para-hydroxylation sites is 1. The molecule has 0 bridgehead atoms. The molecule has 0 unspecified atom stereocenters. The Balaban J connectivity index is 2.06. The zero-order valence-electron chi connectivity index (χ0n) is 12.1. The van der Waals surface area contributed by atoms with Crippen molar-refractivity contribution in [2.45, 2.75) is 17.7 Å². The second-order valence-corrected chi connectivity index (χ2v) is 7.82. The van der Waals surface area contributed by atoms with Gasteiger partial charge in [-0.15, -0.1) is 0 Å². The number of benzene rings is 2. The van der Waals surface area contributed by atoms with Crippen LogP contribution in [0.2, 0.25) is 0 Å². The number of halogens is 1. The van der Waals surface area contributed by atoms with Crippen LogP contribution in [0.15, 0.2) is 51.8 Å².